The second-order valence-corrected chi connectivity index (χ2v) is 15.8. The number of rotatable bonds is 7. The number of nitrogens with zero attached hydrogens (tertiary/aromatic N) is 3. The van der Waals surface area contributed by atoms with E-state index in [-0.39, 0.29) is 0 Å². The zero-order valence-electron chi connectivity index (χ0n) is 32.0. The van der Waals surface area contributed by atoms with Gasteiger partial charge in [-0.15, -0.1) is 11.3 Å². The molecule has 11 aromatic rings. The van der Waals surface area contributed by atoms with Crippen LogP contribution >= 0.6 is 11.3 Å². The second kappa shape index (κ2) is 14.8. The van der Waals surface area contributed by atoms with Crippen molar-refractivity contribution in [1.29, 1.82) is 0 Å². The van der Waals surface area contributed by atoms with Crippen LogP contribution in [0.3, 0.4) is 0 Å². The first-order chi connectivity index (χ1) is 29.2. The van der Waals surface area contributed by atoms with Gasteiger partial charge in [0.1, 0.15) is 0 Å². The Morgan fingerprint density at radius 2 is 0.746 bits per heavy atom. The molecule has 0 N–H and O–H groups in total. The Hall–Kier alpha value is -7.53. The first kappa shape index (κ1) is 34.7. The van der Waals surface area contributed by atoms with Gasteiger partial charge in [-0.2, -0.15) is 0 Å². The van der Waals surface area contributed by atoms with Crippen LogP contribution in [0, 0.1) is 0 Å². The summed E-state index contributed by atoms with van der Waals surface area (Å²) < 4.78 is 2.44. The molecule has 0 aliphatic carbocycles. The van der Waals surface area contributed by atoms with Crippen LogP contribution in [0.2, 0.25) is 0 Å². The van der Waals surface area contributed by atoms with E-state index >= 15 is 0 Å². The fraction of sp³-hybridized carbons (Fsp3) is 0. The largest absolute Gasteiger partial charge is 0.208 e. The molecule has 3 nitrogen and oxygen atoms in total. The van der Waals surface area contributed by atoms with Crippen LogP contribution in [0.25, 0.3) is 110 Å². The zero-order valence-corrected chi connectivity index (χ0v) is 32.8. The SMILES string of the molecule is c1ccc(-c2ccc(-c3nc(-c4ccc(-c5ccccc5)c5ccccc45)nc(-c4cccc5sc6c(-c7cccc(-c8ccccc8)c7)cccc6c45)n3)cc2)cc1. The van der Waals surface area contributed by atoms with Crippen LogP contribution in [0.1, 0.15) is 0 Å². The second-order valence-electron chi connectivity index (χ2n) is 14.7. The van der Waals surface area contributed by atoms with Crippen LogP contribution in [-0.2, 0) is 0 Å². The minimum atomic E-state index is 0.635. The fourth-order valence-corrected chi connectivity index (χ4v) is 9.57. The first-order valence-corrected chi connectivity index (χ1v) is 20.7. The molecule has 2 aromatic heterocycles. The molecule has 2 heterocycles. The van der Waals surface area contributed by atoms with E-state index in [2.05, 4.69) is 206 Å². The summed E-state index contributed by atoms with van der Waals surface area (Å²) in [6.45, 7) is 0. The topological polar surface area (TPSA) is 38.7 Å². The van der Waals surface area contributed by atoms with Gasteiger partial charge in [-0.1, -0.05) is 194 Å². The molecule has 0 aliphatic heterocycles. The van der Waals surface area contributed by atoms with Gasteiger partial charge in [0.2, 0.25) is 0 Å². The van der Waals surface area contributed by atoms with Crippen molar-refractivity contribution in [1.82, 2.24) is 15.0 Å². The van der Waals surface area contributed by atoms with Crippen LogP contribution < -0.4 is 0 Å². The first-order valence-electron chi connectivity index (χ1n) is 19.9. The molecular formula is C55H35N3S. The number of aromatic nitrogens is 3. The molecule has 0 fully saturated rings. The van der Waals surface area contributed by atoms with Gasteiger partial charge in [-0.25, -0.2) is 15.0 Å². The molecule has 0 bridgehead atoms. The van der Waals surface area contributed by atoms with Crippen molar-refractivity contribution in [2.75, 3.05) is 0 Å². The molecule has 11 rings (SSSR count). The Morgan fingerprint density at radius 1 is 0.271 bits per heavy atom. The van der Waals surface area contributed by atoms with E-state index in [1.165, 1.54) is 53.7 Å². The Kier molecular flexibility index (Phi) is 8.68. The maximum atomic E-state index is 5.36. The van der Waals surface area contributed by atoms with Crippen molar-refractivity contribution in [3.8, 4) is 78.7 Å². The number of benzene rings is 9. The van der Waals surface area contributed by atoms with Gasteiger partial charge < -0.3 is 0 Å². The summed E-state index contributed by atoms with van der Waals surface area (Å²) in [6, 6.07) is 75.1. The van der Waals surface area contributed by atoms with Gasteiger partial charge in [-0.3, -0.25) is 0 Å². The zero-order chi connectivity index (χ0) is 39.1. The van der Waals surface area contributed by atoms with Crippen molar-refractivity contribution in [2.24, 2.45) is 0 Å². The lowest BCUT2D eigenvalue weighted by atomic mass is 9.94. The summed E-state index contributed by atoms with van der Waals surface area (Å²) >= 11 is 1.82. The third-order valence-electron chi connectivity index (χ3n) is 11.2. The molecule has 0 aliphatic rings. The molecule has 59 heavy (non-hydrogen) atoms. The van der Waals surface area contributed by atoms with Crippen LogP contribution in [0.5, 0.6) is 0 Å². The van der Waals surface area contributed by atoms with Crippen molar-refractivity contribution in [2.45, 2.75) is 0 Å². The minimum absolute atomic E-state index is 0.635. The number of hydrogen-bond acceptors (Lipinski definition) is 4. The molecule has 276 valence electrons. The maximum absolute atomic E-state index is 5.36. The standard InChI is InChI=1S/C55H35N3S/c1-4-15-36(16-5-1)38-29-31-40(32-30-38)53-56-54(47-34-33-43(39-19-8-3-9-20-39)45-23-10-11-24-46(45)47)58-55(57-53)49-27-14-28-50-51(49)48-26-13-25-44(52(48)59-50)42-22-12-21-41(35-42)37-17-6-2-7-18-37/h1-35H. The predicted octanol–water partition coefficient (Wildman–Crippen LogP) is 15.1. The van der Waals surface area contributed by atoms with Crippen LogP contribution in [0.15, 0.2) is 212 Å². The highest BCUT2D eigenvalue weighted by molar-refractivity contribution is 7.26. The van der Waals surface area contributed by atoms with Crippen molar-refractivity contribution >= 4 is 42.3 Å². The van der Waals surface area contributed by atoms with Crippen molar-refractivity contribution in [3.63, 3.8) is 0 Å². The molecule has 0 saturated carbocycles. The predicted molar refractivity (Wildman–Crippen MR) is 248 cm³/mol. The molecule has 0 unspecified atom stereocenters. The average Bonchev–Trinajstić information content (AvgIpc) is 3.71. The van der Waals surface area contributed by atoms with E-state index in [1.807, 2.05) is 17.4 Å². The van der Waals surface area contributed by atoms with Gasteiger partial charge in [-0.05, 0) is 73.5 Å². The molecule has 0 amide bonds. The van der Waals surface area contributed by atoms with Gasteiger partial charge in [0.25, 0.3) is 0 Å². The van der Waals surface area contributed by atoms with Gasteiger partial charge >= 0.3 is 0 Å². The average molecular weight is 770 g/mol. The third kappa shape index (κ3) is 6.37. The summed E-state index contributed by atoms with van der Waals surface area (Å²) in [5.41, 5.74) is 12.4. The molecular weight excluding hydrogens is 735 g/mol. The lowest BCUT2D eigenvalue weighted by molar-refractivity contribution is 1.08. The van der Waals surface area contributed by atoms with E-state index in [1.54, 1.807) is 0 Å². The van der Waals surface area contributed by atoms with E-state index in [9.17, 15) is 0 Å². The Labute approximate surface area is 346 Å². The van der Waals surface area contributed by atoms with Crippen LogP contribution in [0.4, 0.5) is 0 Å². The van der Waals surface area contributed by atoms with Gasteiger partial charge in [0, 0.05) is 36.9 Å². The maximum Gasteiger partial charge on any atom is 0.164 e. The van der Waals surface area contributed by atoms with E-state index in [0.717, 1.165) is 38.4 Å². The summed E-state index contributed by atoms with van der Waals surface area (Å²) in [5.74, 6) is 1.92. The molecule has 0 spiro atoms. The number of fused-ring (bicyclic) bond motifs is 4. The smallest absolute Gasteiger partial charge is 0.164 e. The Bertz CT molecular complexity index is 3300. The molecule has 0 radical (unpaired) electrons. The third-order valence-corrected chi connectivity index (χ3v) is 12.4. The normalized spacial score (nSPS) is 11.4. The minimum Gasteiger partial charge on any atom is -0.208 e. The van der Waals surface area contributed by atoms with Crippen molar-refractivity contribution in [3.05, 3.63) is 212 Å². The molecule has 0 saturated heterocycles. The van der Waals surface area contributed by atoms with E-state index < -0.39 is 0 Å². The van der Waals surface area contributed by atoms with E-state index in [0.29, 0.717) is 17.5 Å². The van der Waals surface area contributed by atoms with Crippen LogP contribution in [-0.4, -0.2) is 15.0 Å². The summed E-state index contributed by atoms with van der Waals surface area (Å²) in [5, 5.41) is 4.59. The summed E-state index contributed by atoms with van der Waals surface area (Å²) in [6.07, 6.45) is 0. The van der Waals surface area contributed by atoms with Crippen molar-refractivity contribution < 1.29 is 0 Å². The van der Waals surface area contributed by atoms with E-state index in [4.69, 9.17) is 15.0 Å². The number of hydrogen-bond donors (Lipinski definition) is 0. The monoisotopic (exact) mass is 769 g/mol. The molecule has 9 aromatic carbocycles. The lowest BCUT2D eigenvalue weighted by Crippen LogP contribution is -2.01. The Morgan fingerprint density at radius 3 is 1.47 bits per heavy atom. The quantitative estimate of drug-likeness (QED) is 0.162. The molecule has 0 atom stereocenters. The highest BCUT2D eigenvalue weighted by Gasteiger charge is 2.20. The lowest BCUT2D eigenvalue weighted by Gasteiger charge is -2.13. The summed E-state index contributed by atoms with van der Waals surface area (Å²) in [7, 11) is 0. The highest BCUT2D eigenvalue weighted by Crippen LogP contribution is 2.44. The van der Waals surface area contributed by atoms with Gasteiger partial charge in [0.15, 0.2) is 17.5 Å². The highest BCUT2D eigenvalue weighted by atomic mass is 32.1. The number of thiophene rings is 1. The van der Waals surface area contributed by atoms with Gasteiger partial charge in [0.05, 0.1) is 0 Å². The Balaban J connectivity index is 1.11. The fourth-order valence-electron chi connectivity index (χ4n) is 8.31. The molecule has 4 heteroatoms. The summed E-state index contributed by atoms with van der Waals surface area (Å²) in [4.78, 5) is 15.9.